The molecule has 2 rings (SSSR count). The van der Waals surface area contributed by atoms with Gasteiger partial charge < -0.3 is 10.6 Å². The Morgan fingerprint density at radius 2 is 2.30 bits per heavy atom. The Morgan fingerprint density at radius 3 is 2.90 bits per heavy atom. The quantitative estimate of drug-likeness (QED) is 0.899. The van der Waals surface area contributed by atoms with Crippen molar-refractivity contribution in [3.63, 3.8) is 0 Å². The molecule has 0 aliphatic carbocycles. The molecule has 1 unspecified atom stereocenters. The molecule has 4 nitrogen and oxygen atoms in total. The molecular weight excluding hydrogens is 281 g/mol. The fourth-order valence-corrected chi connectivity index (χ4v) is 2.41. The van der Waals surface area contributed by atoms with Gasteiger partial charge in [0.05, 0.1) is 6.20 Å². The van der Waals surface area contributed by atoms with Crippen LogP contribution >= 0.6 is 12.4 Å². The molecule has 2 heterocycles. The van der Waals surface area contributed by atoms with Gasteiger partial charge in [-0.3, -0.25) is 4.79 Å². The Balaban J connectivity index is 0.00000200. The van der Waals surface area contributed by atoms with Crippen molar-refractivity contribution < 1.29 is 9.18 Å². The zero-order valence-corrected chi connectivity index (χ0v) is 12.6. The average Bonchev–Trinajstić information content (AvgIpc) is 2.37. The monoisotopic (exact) mass is 301 g/mol. The third-order valence-electron chi connectivity index (χ3n) is 3.76. The third-order valence-corrected chi connectivity index (χ3v) is 3.76. The molecule has 1 atom stereocenters. The van der Waals surface area contributed by atoms with Crippen LogP contribution in [0.5, 0.6) is 0 Å². The zero-order valence-electron chi connectivity index (χ0n) is 11.8. The molecule has 0 bridgehead atoms. The van der Waals surface area contributed by atoms with E-state index >= 15 is 0 Å². The lowest BCUT2D eigenvalue weighted by atomic mass is 9.77. The first-order valence-electron chi connectivity index (χ1n) is 6.62. The van der Waals surface area contributed by atoms with E-state index in [1.165, 1.54) is 12.1 Å². The second-order valence-electron chi connectivity index (χ2n) is 5.67. The Hall–Kier alpha value is -1.20. The summed E-state index contributed by atoms with van der Waals surface area (Å²) in [5.41, 5.74) is 0.414. The minimum atomic E-state index is -0.438. The number of aromatic nitrogens is 1. The van der Waals surface area contributed by atoms with Crippen LogP contribution in [0.4, 0.5) is 4.39 Å². The van der Waals surface area contributed by atoms with Crippen LogP contribution in [0.3, 0.4) is 0 Å². The number of rotatable bonds is 3. The molecule has 1 amide bonds. The number of hydrogen-bond donors (Lipinski definition) is 2. The molecule has 1 aromatic rings. The van der Waals surface area contributed by atoms with Gasteiger partial charge in [0.1, 0.15) is 11.5 Å². The van der Waals surface area contributed by atoms with Crippen molar-refractivity contribution >= 4 is 18.3 Å². The number of halogens is 2. The fraction of sp³-hybridized carbons (Fsp3) is 0.571. The van der Waals surface area contributed by atoms with Crippen LogP contribution in [0.25, 0.3) is 0 Å². The number of amides is 1. The highest BCUT2D eigenvalue weighted by Crippen LogP contribution is 2.29. The van der Waals surface area contributed by atoms with Crippen molar-refractivity contribution in [1.82, 2.24) is 15.6 Å². The summed E-state index contributed by atoms with van der Waals surface area (Å²) in [6.45, 7) is 5.95. The lowest BCUT2D eigenvalue weighted by molar-refractivity contribution is 0.0924. The lowest BCUT2D eigenvalue weighted by Gasteiger charge is -2.39. The Morgan fingerprint density at radius 1 is 1.55 bits per heavy atom. The molecule has 0 spiro atoms. The van der Waals surface area contributed by atoms with E-state index in [9.17, 15) is 9.18 Å². The van der Waals surface area contributed by atoms with E-state index in [-0.39, 0.29) is 35.5 Å². The maximum Gasteiger partial charge on any atom is 0.269 e. The molecule has 1 saturated heterocycles. The van der Waals surface area contributed by atoms with Gasteiger partial charge in [0, 0.05) is 12.6 Å². The molecule has 6 heteroatoms. The van der Waals surface area contributed by atoms with Crippen LogP contribution in [0, 0.1) is 11.2 Å². The van der Waals surface area contributed by atoms with Crippen LogP contribution in [-0.2, 0) is 0 Å². The van der Waals surface area contributed by atoms with Crippen LogP contribution in [0.2, 0.25) is 0 Å². The Bertz CT molecular complexity index is 450. The summed E-state index contributed by atoms with van der Waals surface area (Å²) in [4.78, 5) is 15.7. The average molecular weight is 302 g/mol. The molecule has 1 aliphatic rings. The number of carbonyl (C=O) groups excluding carboxylic acids is 1. The van der Waals surface area contributed by atoms with Gasteiger partial charge in [-0.2, -0.15) is 0 Å². The van der Waals surface area contributed by atoms with Gasteiger partial charge >= 0.3 is 0 Å². The van der Waals surface area contributed by atoms with Crippen LogP contribution in [0.15, 0.2) is 18.3 Å². The maximum atomic E-state index is 12.7. The lowest BCUT2D eigenvalue weighted by Crippen LogP contribution is -2.52. The molecule has 0 radical (unpaired) electrons. The van der Waals surface area contributed by atoms with Crippen LogP contribution < -0.4 is 10.6 Å². The van der Waals surface area contributed by atoms with E-state index in [1.54, 1.807) is 0 Å². The number of carbonyl (C=O) groups is 1. The van der Waals surface area contributed by atoms with E-state index < -0.39 is 5.82 Å². The summed E-state index contributed by atoms with van der Waals surface area (Å²) < 4.78 is 12.7. The van der Waals surface area contributed by atoms with Gasteiger partial charge in [0.2, 0.25) is 0 Å². The fourth-order valence-electron chi connectivity index (χ4n) is 2.41. The SMILES string of the molecule is CC1(C)CCCNC1CNC(=O)c1ccc(F)cn1.Cl. The first kappa shape index (κ1) is 16.9. The predicted octanol–water partition coefficient (Wildman–Crippen LogP) is 2.15. The molecular formula is C14H21ClFN3O. The summed E-state index contributed by atoms with van der Waals surface area (Å²) in [6.07, 6.45) is 3.37. The summed E-state index contributed by atoms with van der Waals surface area (Å²) in [6, 6.07) is 2.89. The number of piperidine rings is 1. The standard InChI is InChI=1S/C14H20FN3O.ClH/c1-14(2)6-3-7-16-12(14)9-18-13(19)11-5-4-10(15)8-17-11;/h4-5,8,12,16H,3,6-7,9H2,1-2H3,(H,18,19);1H. The van der Waals surface area contributed by atoms with Crippen molar-refractivity contribution in [2.45, 2.75) is 32.7 Å². The number of pyridine rings is 1. The maximum absolute atomic E-state index is 12.7. The summed E-state index contributed by atoms with van der Waals surface area (Å²) in [5.74, 6) is -0.699. The third kappa shape index (κ3) is 4.15. The van der Waals surface area contributed by atoms with Crippen molar-refractivity contribution in [2.75, 3.05) is 13.1 Å². The highest BCUT2D eigenvalue weighted by molar-refractivity contribution is 5.92. The first-order chi connectivity index (χ1) is 8.99. The second-order valence-corrected chi connectivity index (χ2v) is 5.67. The topological polar surface area (TPSA) is 54.0 Å². The smallest absolute Gasteiger partial charge is 0.269 e. The van der Waals surface area contributed by atoms with E-state index in [0.717, 1.165) is 25.6 Å². The van der Waals surface area contributed by atoms with Crippen LogP contribution in [0.1, 0.15) is 37.2 Å². The normalized spacial score (nSPS) is 20.9. The Labute approximate surface area is 125 Å². The molecule has 112 valence electrons. The van der Waals surface area contributed by atoms with Crippen molar-refractivity contribution in [1.29, 1.82) is 0 Å². The predicted molar refractivity (Wildman–Crippen MR) is 78.6 cm³/mol. The van der Waals surface area contributed by atoms with E-state index in [2.05, 4.69) is 29.5 Å². The second kappa shape index (κ2) is 6.99. The summed E-state index contributed by atoms with van der Waals surface area (Å²) in [5, 5.41) is 6.29. The highest BCUT2D eigenvalue weighted by atomic mass is 35.5. The summed E-state index contributed by atoms with van der Waals surface area (Å²) in [7, 11) is 0. The van der Waals surface area contributed by atoms with Gasteiger partial charge in [-0.05, 0) is 36.9 Å². The minimum absolute atomic E-state index is 0. The minimum Gasteiger partial charge on any atom is -0.349 e. The molecule has 0 saturated carbocycles. The van der Waals surface area contributed by atoms with Crippen molar-refractivity contribution in [3.05, 3.63) is 29.8 Å². The largest absolute Gasteiger partial charge is 0.349 e. The van der Waals surface area contributed by atoms with Gasteiger partial charge in [-0.25, -0.2) is 9.37 Å². The first-order valence-corrected chi connectivity index (χ1v) is 6.62. The molecule has 1 aliphatic heterocycles. The molecule has 1 fully saturated rings. The van der Waals surface area contributed by atoms with Gasteiger partial charge in [0.15, 0.2) is 0 Å². The number of nitrogens with zero attached hydrogens (tertiary/aromatic N) is 1. The Kier molecular flexibility index (Phi) is 5.89. The number of nitrogens with one attached hydrogen (secondary N) is 2. The number of hydrogen-bond acceptors (Lipinski definition) is 3. The molecule has 1 aromatic heterocycles. The van der Waals surface area contributed by atoms with Crippen molar-refractivity contribution in [3.8, 4) is 0 Å². The van der Waals surface area contributed by atoms with E-state index in [0.29, 0.717) is 6.54 Å². The molecule has 0 aromatic carbocycles. The zero-order chi connectivity index (χ0) is 13.9. The highest BCUT2D eigenvalue weighted by Gasteiger charge is 2.32. The van der Waals surface area contributed by atoms with E-state index in [1.807, 2.05) is 0 Å². The van der Waals surface area contributed by atoms with Gasteiger partial charge in [0.25, 0.3) is 5.91 Å². The van der Waals surface area contributed by atoms with Gasteiger partial charge in [-0.15, -0.1) is 12.4 Å². The molecule has 20 heavy (non-hydrogen) atoms. The van der Waals surface area contributed by atoms with Crippen LogP contribution in [-0.4, -0.2) is 30.0 Å². The molecule has 2 N–H and O–H groups in total. The van der Waals surface area contributed by atoms with Gasteiger partial charge in [-0.1, -0.05) is 13.8 Å². The van der Waals surface area contributed by atoms with E-state index in [4.69, 9.17) is 0 Å². The summed E-state index contributed by atoms with van der Waals surface area (Å²) >= 11 is 0. The van der Waals surface area contributed by atoms with Crippen molar-refractivity contribution in [2.24, 2.45) is 5.41 Å².